The van der Waals surface area contributed by atoms with Crippen LogP contribution in [-0.2, 0) is 0 Å². The molecule has 0 aliphatic rings. The summed E-state index contributed by atoms with van der Waals surface area (Å²) in [6.45, 7) is 0.719. The van der Waals surface area contributed by atoms with Gasteiger partial charge in [-0.1, -0.05) is 0 Å². The third kappa shape index (κ3) is 2.98. The molecule has 17 heavy (non-hydrogen) atoms. The molecule has 2 rings (SSSR count). The molecule has 0 amide bonds. The summed E-state index contributed by atoms with van der Waals surface area (Å²) in [5.41, 5.74) is 1.85. The minimum absolute atomic E-state index is 0.719. The predicted octanol–water partition coefficient (Wildman–Crippen LogP) is 1.47. The molecule has 0 radical (unpaired) electrons. The lowest BCUT2D eigenvalue weighted by Crippen LogP contribution is -2.21. The first kappa shape index (κ1) is 11.5. The van der Waals surface area contributed by atoms with E-state index in [4.69, 9.17) is 0 Å². The maximum atomic E-state index is 4.36. The van der Waals surface area contributed by atoms with Gasteiger partial charge in [-0.2, -0.15) is 0 Å². The fraction of sp³-hybridized carbons (Fsp3) is 0.250. The maximum Gasteiger partial charge on any atom is 0.153 e. The number of anilines is 1. The van der Waals surface area contributed by atoms with E-state index >= 15 is 0 Å². The van der Waals surface area contributed by atoms with Crippen LogP contribution in [0, 0.1) is 0 Å². The molecule has 0 aliphatic carbocycles. The molecule has 0 aliphatic heterocycles. The van der Waals surface area contributed by atoms with Gasteiger partial charge in [0.25, 0.3) is 0 Å². The van der Waals surface area contributed by atoms with Crippen molar-refractivity contribution in [2.45, 2.75) is 0 Å². The van der Waals surface area contributed by atoms with E-state index in [2.05, 4.69) is 20.3 Å². The van der Waals surface area contributed by atoms with E-state index in [0.717, 1.165) is 23.7 Å². The SMILES string of the molecule is CN(C)CNc1nccnc1-c1ccncc1. The number of hydrogen-bond acceptors (Lipinski definition) is 5. The summed E-state index contributed by atoms with van der Waals surface area (Å²) in [7, 11) is 3.99. The quantitative estimate of drug-likeness (QED) is 0.805. The molecule has 0 spiro atoms. The van der Waals surface area contributed by atoms with Gasteiger partial charge in [-0.3, -0.25) is 14.9 Å². The molecule has 88 valence electrons. The molecule has 2 aromatic rings. The minimum atomic E-state index is 0.719. The van der Waals surface area contributed by atoms with E-state index in [1.807, 2.05) is 31.1 Å². The fourth-order valence-corrected chi connectivity index (χ4v) is 1.42. The van der Waals surface area contributed by atoms with Crippen molar-refractivity contribution in [3.05, 3.63) is 36.9 Å². The summed E-state index contributed by atoms with van der Waals surface area (Å²) in [5, 5.41) is 3.24. The second-order valence-electron chi connectivity index (χ2n) is 3.90. The highest BCUT2D eigenvalue weighted by molar-refractivity contribution is 5.70. The zero-order chi connectivity index (χ0) is 12.1. The molecule has 0 fully saturated rings. The van der Waals surface area contributed by atoms with Crippen LogP contribution in [0.25, 0.3) is 11.3 Å². The van der Waals surface area contributed by atoms with E-state index in [1.54, 1.807) is 24.8 Å². The summed E-state index contributed by atoms with van der Waals surface area (Å²) < 4.78 is 0. The number of hydrogen-bond donors (Lipinski definition) is 1. The highest BCUT2D eigenvalue weighted by atomic mass is 15.2. The third-order valence-electron chi connectivity index (χ3n) is 2.21. The molecule has 1 N–H and O–H groups in total. The van der Waals surface area contributed by atoms with Gasteiger partial charge in [0.05, 0.1) is 6.67 Å². The lowest BCUT2D eigenvalue weighted by atomic mass is 10.2. The Kier molecular flexibility index (Phi) is 3.62. The van der Waals surface area contributed by atoms with Gasteiger partial charge in [0.2, 0.25) is 0 Å². The zero-order valence-corrected chi connectivity index (χ0v) is 9.96. The zero-order valence-electron chi connectivity index (χ0n) is 9.96. The van der Waals surface area contributed by atoms with Crippen molar-refractivity contribution >= 4 is 5.82 Å². The van der Waals surface area contributed by atoms with Crippen LogP contribution >= 0.6 is 0 Å². The van der Waals surface area contributed by atoms with Crippen molar-refractivity contribution in [2.75, 3.05) is 26.1 Å². The molecular weight excluding hydrogens is 214 g/mol. The van der Waals surface area contributed by atoms with Crippen molar-refractivity contribution in [1.29, 1.82) is 0 Å². The van der Waals surface area contributed by atoms with Crippen molar-refractivity contribution < 1.29 is 0 Å². The molecule has 0 bridgehead atoms. The Morgan fingerprint density at radius 1 is 1.06 bits per heavy atom. The summed E-state index contributed by atoms with van der Waals surface area (Å²) in [5.74, 6) is 0.785. The normalized spacial score (nSPS) is 10.5. The lowest BCUT2D eigenvalue weighted by molar-refractivity contribution is 0.439. The van der Waals surface area contributed by atoms with Crippen LogP contribution in [0.15, 0.2) is 36.9 Å². The van der Waals surface area contributed by atoms with Gasteiger partial charge in [-0.25, -0.2) is 4.98 Å². The number of pyridine rings is 1. The first-order valence-corrected chi connectivity index (χ1v) is 5.37. The second kappa shape index (κ2) is 5.36. The molecule has 5 heteroatoms. The van der Waals surface area contributed by atoms with Crippen LogP contribution in [0.4, 0.5) is 5.82 Å². The summed E-state index contributed by atoms with van der Waals surface area (Å²) in [6, 6.07) is 3.84. The van der Waals surface area contributed by atoms with E-state index < -0.39 is 0 Å². The van der Waals surface area contributed by atoms with Crippen molar-refractivity contribution in [2.24, 2.45) is 0 Å². The highest BCUT2D eigenvalue weighted by Gasteiger charge is 2.06. The van der Waals surface area contributed by atoms with E-state index in [-0.39, 0.29) is 0 Å². The number of aromatic nitrogens is 3. The van der Waals surface area contributed by atoms with Gasteiger partial charge in [-0.05, 0) is 26.2 Å². The first-order chi connectivity index (χ1) is 8.27. The lowest BCUT2D eigenvalue weighted by Gasteiger charge is -2.13. The highest BCUT2D eigenvalue weighted by Crippen LogP contribution is 2.22. The summed E-state index contributed by atoms with van der Waals surface area (Å²) in [6.07, 6.45) is 6.87. The maximum absolute atomic E-state index is 4.36. The number of nitrogens with one attached hydrogen (secondary N) is 1. The Bertz CT molecular complexity index is 469. The molecule has 0 saturated carbocycles. The van der Waals surface area contributed by atoms with Crippen molar-refractivity contribution in [1.82, 2.24) is 19.9 Å². The molecule has 0 atom stereocenters. The van der Waals surface area contributed by atoms with Gasteiger partial charge in [0.15, 0.2) is 5.82 Å². The Morgan fingerprint density at radius 2 is 1.76 bits per heavy atom. The van der Waals surface area contributed by atoms with Crippen LogP contribution < -0.4 is 5.32 Å². The molecule has 0 saturated heterocycles. The van der Waals surface area contributed by atoms with Crippen molar-refractivity contribution in [3.63, 3.8) is 0 Å². The number of nitrogens with zero attached hydrogens (tertiary/aromatic N) is 4. The summed E-state index contributed by atoms with van der Waals surface area (Å²) in [4.78, 5) is 14.7. The van der Waals surface area contributed by atoms with Crippen LogP contribution in [0.5, 0.6) is 0 Å². The van der Waals surface area contributed by atoms with E-state index in [1.165, 1.54) is 0 Å². The average molecular weight is 229 g/mol. The standard InChI is InChI=1S/C12H15N5/c1-17(2)9-16-12-11(14-7-8-15-12)10-3-5-13-6-4-10/h3-8H,9H2,1-2H3,(H,15,16). The van der Waals surface area contributed by atoms with Crippen LogP contribution in [-0.4, -0.2) is 40.6 Å². The second-order valence-corrected chi connectivity index (χ2v) is 3.90. The van der Waals surface area contributed by atoms with Gasteiger partial charge in [-0.15, -0.1) is 0 Å². The Balaban J connectivity index is 2.28. The van der Waals surface area contributed by atoms with Crippen LogP contribution in [0.1, 0.15) is 0 Å². The van der Waals surface area contributed by atoms with Gasteiger partial charge in [0.1, 0.15) is 5.69 Å². The predicted molar refractivity (Wildman–Crippen MR) is 67.4 cm³/mol. The molecular formula is C12H15N5. The van der Waals surface area contributed by atoms with E-state index in [0.29, 0.717) is 0 Å². The molecule has 5 nitrogen and oxygen atoms in total. The van der Waals surface area contributed by atoms with Crippen LogP contribution in [0.2, 0.25) is 0 Å². The van der Waals surface area contributed by atoms with Gasteiger partial charge in [0, 0.05) is 30.4 Å². The Labute approximate surface area is 101 Å². The molecule has 2 aromatic heterocycles. The monoisotopic (exact) mass is 229 g/mol. The minimum Gasteiger partial charge on any atom is -0.356 e. The average Bonchev–Trinajstić information content (AvgIpc) is 2.38. The topological polar surface area (TPSA) is 53.9 Å². The number of rotatable bonds is 4. The molecule has 0 aromatic carbocycles. The first-order valence-electron chi connectivity index (χ1n) is 5.37. The van der Waals surface area contributed by atoms with Gasteiger partial charge >= 0.3 is 0 Å². The smallest absolute Gasteiger partial charge is 0.153 e. The Morgan fingerprint density at radius 3 is 2.47 bits per heavy atom. The van der Waals surface area contributed by atoms with Gasteiger partial charge < -0.3 is 5.32 Å². The summed E-state index contributed by atoms with van der Waals surface area (Å²) >= 11 is 0. The largest absolute Gasteiger partial charge is 0.356 e. The van der Waals surface area contributed by atoms with E-state index in [9.17, 15) is 0 Å². The molecule has 2 heterocycles. The third-order valence-corrected chi connectivity index (χ3v) is 2.21. The van der Waals surface area contributed by atoms with Crippen LogP contribution in [0.3, 0.4) is 0 Å². The fourth-order valence-electron chi connectivity index (χ4n) is 1.42. The van der Waals surface area contributed by atoms with Crippen molar-refractivity contribution in [3.8, 4) is 11.3 Å². The Hall–Kier alpha value is -2.01. The molecule has 0 unspecified atom stereocenters.